The third-order valence-corrected chi connectivity index (χ3v) is 4.99. The number of rotatable bonds is 9. The summed E-state index contributed by atoms with van der Waals surface area (Å²) in [5.74, 6) is 0.124. The van der Waals surface area contributed by atoms with E-state index in [1.54, 1.807) is 11.8 Å². The molecule has 1 unspecified atom stereocenters. The third kappa shape index (κ3) is 7.32. The van der Waals surface area contributed by atoms with Gasteiger partial charge in [0.15, 0.2) is 6.54 Å². The van der Waals surface area contributed by atoms with E-state index in [2.05, 4.69) is 74.1 Å². The zero-order chi connectivity index (χ0) is 18.1. The van der Waals surface area contributed by atoms with Crippen molar-refractivity contribution in [2.24, 2.45) is 0 Å². The lowest BCUT2D eigenvalue weighted by Gasteiger charge is -2.17. The van der Waals surface area contributed by atoms with Crippen molar-refractivity contribution in [3.63, 3.8) is 0 Å². The van der Waals surface area contributed by atoms with Crippen molar-refractivity contribution >= 4 is 17.7 Å². The predicted octanol–water partition coefficient (Wildman–Crippen LogP) is 2.56. The number of quaternary nitrogens is 1. The first-order valence-corrected chi connectivity index (χ1v) is 10.1. The lowest BCUT2D eigenvalue weighted by Crippen LogP contribution is -3.09. The van der Waals surface area contributed by atoms with E-state index in [1.165, 1.54) is 20.9 Å². The van der Waals surface area contributed by atoms with Gasteiger partial charge in [-0.15, -0.1) is 11.8 Å². The van der Waals surface area contributed by atoms with Crippen molar-refractivity contribution in [2.75, 3.05) is 19.8 Å². The van der Waals surface area contributed by atoms with Gasteiger partial charge >= 0.3 is 0 Å². The average Bonchev–Trinajstić information content (AvgIpc) is 2.61. The molecule has 0 fully saturated rings. The van der Waals surface area contributed by atoms with Gasteiger partial charge in [0.05, 0.1) is 7.05 Å². The Kier molecular flexibility index (Phi) is 8.02. The fraction of sp³-hybridized carbons (Fsp3) is 0.381. The fourth-order valence-electron chi connectivity index (χ4n) is 2.85. The van der Waals surface area contributed by atoms with Crippen LogP contribution in [0.25, 0.3) is 0 Å². The molecular weight excluding hydrogens is 328 g/mol. The van der Waals surface area contributed by atoms with Gasteiger partial charge in [-0.05, 0) is 43.7 Å². The minimum atomic E-state index is 0.124. The van der Waals surface area contributed by atoms with E-state index in [0.717, 1.165) is 19.4 Å². The molecule has 2 atom stereocenters. The Balaban J connectivity index is 1.70. The van der Waals surface area contributed by atoms with Gasteiger partial charge in [0, 0.05) is 16.5 Å². The van der Waals surface area contributed by atoms with E-state index < -0.39 is 0 Å². The van der Waals surface area contributed by atoms with Gasteiger partial charge in [0.1, 0.15) is 6.54 Å². The standard InChI is InChI=1S/C21H28N2OS/c1-17(9-10-18-7-5-4-6-8-18)22-21(24)16-23(2)15-19-11-13-20(25-3)14-12-19/h4-8,11-14,17H,9-10,15-16H2,1-3H3,(H,22,24)/p+1/t17-/m0/s1. The molecule has 2 aromatic carbocycles. The maximum Gasteiger partial charge on any atom is 0.275 e. The maximum absolute atomic E-state index is 12.2. The minimum absolute atomic E-state index is 0.124. The van der Waals surface area contributed by atoms with Crippen molar-refractivity contribution < 1.29 is 9.69 Å². The third-order valence-electron chi connectivity index (χ3n) is 4.24. The van der Waals surface area contributed by atoms with Crippen LogP contribution >= 0.6 is 11.8 Å². The van der Waals surface area contributed by atoms with Crippen LogP contribution < -0.4 is 10.2 Å². The Bertz CT molecular complexity index is 643. The fourth-order valence-corrected chi connectivity index (χ4v) is 3.26. The van der Waals surface area contributed by atoms with Crippen molar-refractivity contribution in [1.29, 1.82) is 0 Å². The smallest absolute Gasteiger partial charge is 0.275 e. The van der Waals surface area contributed by atoms with Crippen molar-refractivity contribution in [3.05, 3.63) is 65.7 Å². The first-order chi connectivity index (χ1) is 12.1. The molecule has 0 spiro atoms. The molecule has 134 valence electrons. The number of thioether (sulfide) groups is 1. The lowest BCUT2D eigenvalue weighted by atomic mass is 10.1. The zero-order valence-electron chi connectivity index (χ0n) is 15.4. The number of amides is 1. The highest BCUT2D eigenvalue weighted by atomic mass is 32.2. The van der Waals surface area contributed by atoms with Crippen LogP contribution in [-0.2, 0) is 17.8 Å². The summed E-state index contributed by atoms with van der Waals surface area (Å²) in [5.41, 5.74) is 2.58. The monoisotopic (exact) mass is 357 g/mol. The number of hydrogen-bond acceptors (Lipinski definition) is 2. The van der Waals surface area contributed by atoms with Gasteiger partial charge in [-0.1, -0.05) is 42.5 Å². The van der Waals surface area contributed by atoms with E-state index in [-0.39, 0.29) is 11.9 Å². The molecule has 0 bridgehead atoms. The van der Waals surface area contributed by atoms with E-state index in [1.807, 2.05) is 6.07 Å². The average molecular weight is 358 g/mol. The molecule has 4 heteroatoms. The second-order valence-corrected chi connectivity index (χ2v) is 7.53. The molecule has 0 aliphatic rings. The molecule has 0 saturated carbocycles. The maximum atomic E-state index is 12.2. The van der Waals surface area contributed by atoms with Crippen LogP contribution in [0.15, 0.2) is 59.5 Å². The molecule has 2 N–H and O–H groups in total. The highest BCUT2D eigenvalue weighted by molar-refractivity contribution is 7.98. The minimum Gasteiger partial charge on any atom is -0.349 e. The molecule has 0 aromatic heterocycles. The quantitative estimate of drug-likeness (QED) is 0.676. The molecule has 1 amide bonds. The molecule has 2 aromatic rings. The second kappa shape index (κ2) is 10.3. The molecule has 2 rings (SSSR count). The lowest BCUT2D eigenvalue weighted by molar-refractivity contribution is -0.885. The Morgan fingerprint density at radius 1 is 1.08 bits per heavy atom. The molecule has 0 aliphatic heterocycles. The molecular formula is C21H29N2OS+. The van der Waals surface area contributed by atoms with E-state index in [9.17, 15) is 4.79 Å². The summed E-state index contributed by atoms with van der Waals surface area (Å²) < 4.78 is 0. The van der Waals surface area contributed by atoms with Crippen LogP contribution in [0.2, 0.25) is 0 Å². The highest BCUT2D eigenvalue weighted by Gasteiger charge is 2.13. The van der Waals surface area contributed by atoms with Crippen LogP contribution in [0.4, 0.5) is 0 Å². The van der Waals surface area contributed by atoms with E-state index >= 15 is 0 Å². The summed E-state index contributed by atoms with van der Waals surface area (Å²) >= 11 is 1.75. The van der Waals surface area contributed by atoms with Crippen LogP contribution in [0.5, 0.6) is 0 Å². The summed E-state index contributed by atoms with van der Waals surface area (Å²) in [5, 5.41) is 3.12. The van der Waals surface area contributed by atoms with Crippen molar-refractivity contribution in [3.8, 4) is 0 Å². The van der Waals surface area contributed by atoms with Crippen LogP contribution in [-0.4, -0.2) is 31.8 Å². The van der Waals surface area contributed by atoms with Gasteiger partial charge in [0.2, 0.25) is 0 Å². The molecule has 3 nitrogen and oxygen atoms in total. The van der Waals surface area contributed by atoms with Crippen LogP contribution in [0.3, 0.4) is 0 Å². The molecule has 0 radical (unpaired) electrons. The van der Waals surface area contributed by atoms with Gasteiger partial charge in [-0.25, -0.2) is 0 Å². The Morgan fingerprint density at radius 3 is 2.40 bits per heavy atom. The Labute approximate surface area is 155 Å². The topological polar surface area (TPSA) is 33.5 Å². The Morgan fingerprint density at radius 2 is 1.76 bits per heavy atom. The van der Waals surface area contributed by atoms with E-state index in [0.29, 0.717) is 6.54 Å². The SMILES string of the molecule is CSc1ccc(C[NH+](C)CC(=O)N[C@@H](C)CCc2ccccc2)cc1. The number of aryl methyl sites for hydroxylation is 1. The molecule has 25 heavy (non-hydrogen) atoms. The zero-order valence-corrected chi connectivity index (χ0v) is 16.2. The summed E-state index contributed by atoms with van der Waals surface area (Å²) in [7, 11) is 2.07. The highest BCUT2D eigenvalue weighted by Crippen LogP contribution is 2.14. The summed E-state index contributed by atoms with van der Waals surface area (Å²) in [6, 6.07) is 19.2. The number of benzene rings is 2. The first-order valence-electron chi connectivity index (χ1n) is 8.84. The van der Waals surface area contributed by atoms with Crippen molar-refractivity contribution in [2.45, 2.75) is 37.2 Å². The summed E-state index contributed by atoms with van der Waals surface area (Å²) in [6.45, 7) is 3.44. The number of nitrogens with one attached hydrogen (secondary N) is 2. The first kappa shape index (κ1) is 19.5. The summed E-state index contributed by atoms with van der Waals surface area (Å²) in [6.07, 6.45) is 4.04. The van der Waals surface area contributed by atoms with E-state index in [4.69, 9.17) is 0 Å². The molecule has 0 aliphatic carbocycles. The van der Waals surface area contributed by atoms with Crippen molar-refractivity contribution in [1.82, 2.24) is 5.32 Å². The van der Waals surface area contributed by atoms with Crippen LogP contribution in [0.1, 0.15) is 24.5 Å². The largest absolute Gasteiger partial charge is 0.349 e. The Hall–Kier alpha value is -1.78. The normalized spacial score (nSPS) is 13.2. The predicted molar refractivity (Wildman–Crippen MR) is 106 cm³/mol. The number of carbonyl (C=O) groups is 1. The number of hydrogen-bond donors (Lipinski definition) is 2. The van der Waals surface area contributed by atoms with Crippen LogP contribution in [0, 0.1) is 0 Å². The van der Waals surface area contributed by atoms with Gasteiger partial charge in [-0.2, -0.15) is 0 Å². The number of likely N-dealkylation sites (N-methyl/N-ethyl adjacent to an activating group) is 1. The molecule has 0 saturated heterocycles. The van der Waals surface area contributed by atoms with Gasteiger partial charge in [0.25, 0.3) is 5.91 Å². The second-order valence-electron chi connectivity index (χ2n) is 6.65. The molecule has 0 heterocycles. The number of carbonyl (C=O) groups excluding carboxylic acids is 1. The van der Waals surface area contributed by atoms with Gasteiger partial charge < -0.3 is 10.2 Å². The summed E-state index contributed by atoms with van der Waals surface area (Å²) in [4.78, 5) is 14.7. The van der Waals surface area contributed by atoms with Gasteiger partial charge in [-0.3, -0.25) is 4.79 Å².